The molecule has 0 radical (unpaired) electrons. The second-order valence-corrected chi connectivity index (χ2v) is 7.70. The van der Waals surface area contributed by atoms with Crippen molar-refractivity contribution in [1.82, 2.24) is 9.96 Å². The molecule has 0 aromatic heterocycles. The van der Waals surface area contributed by atoms with E-state index in [1.807, 2.05) is 0 Å². The summed E-state index contributed by atoms with van der Waals surface area (Å²) in [5.74, 6) is -0.0904. The fourth-order valence-corrected chi connectivity index (χ4v) is 3.99. The van der Waals surface area contributed by atoms with E-state index in [2.05, 4.69) is 9.28 Å². The largest absolute Gasteiger partial charge is 0.418 e. The number of amides is 3. The minimum Gasteiger partial charge on any atom is -0.385 e. The van der Waals surface area contributed by atoms with Crippen LogP contribution in [0, 0.1) is 5.92 Å². The molecule has 11 nitrogen and oxygen atoms in total. The van der Waals surface area contributed by atoms with E-state index in [1.165, 1.54) is 4.90 Å². The molecule has 26 heavy (non-hydrogen) atoms. The van der Waals surface area contributed by atoms with Gasteiger partial charge < -0.3 is 15.4 Å². The smallest absolute Gasteiger partial charge is 0.385 e. The Morgan fingerprint density at radius 2 is 2.00 bits per heavy atom. The van der Waals surface area contributed by atoms with Gasteiger partial charge in [-0.25, -0.2) is 4.79 Å². The number of hydrogen-bond acceptors (Lipinski definition) is 6. The van der Waals surface area contributed by atoms with Crippen LogP contribution in [0.5, 0.6) is 0 Å². The van der Waals surface area contributed by atoms with Crippen molar-refractivity contribution in [2.45, 2.75) is 44.2 Å². The van der Waals surface area contributed by atoms with Gasteiger partial charge in [0.1, 0.15) is 5.84 Å². The van der Waals surface area contributed by atoms with Crippen molar-refractivity contribution in [1.29, 1.82) is 0 Å². The molecule has 0 saturated carbocycles. The van der Waals surface area contributed by atoms with Crippen LogP contribution in [-0.2, 0) is 24.2 Å². The van der Waals surface area contributed by atoms with E-state index in [9.17, 15) is 18.0 Å². The number of ether oxygens (including phenoxy) is 1. The van der Waals surface area contributed by atoms with E-state index in [1.54, 1.807) is 0 Å². The minimum absolute atomic E-state index is 0.0302. The number of amidine groups is 1. The SMILES string of the molecule is NC(=NC(=O)CC1CCOCC1)C1CCC2CN1C(=O)N2OS(=O)(=O)O. The number of carbonyl (C=O) groups is 2. The van der Waals surface area contributed by atoms with Gasteiger partial charge in [-0.15, -0.1) is 4.28 Å². The third-order valence-electron chi connectivity index (χ3n) is 4.90. The maximum absolute atomic E-state index is 12.3. The fraction of sp³-hybridized carbons (Fsp3) is 0.786. The first-order valence-corrected chi connectivity index (χ1v) is 9.82. The number of hydroxylamine groups is 2. The van der Waals surface area contributed by atoms with Crippen molar-refractivity contribution < 1.29 is 31.6 Å². The lowest BCUT2D eigenvalue weighted by Crippen LogP contribution is -2.48. The minimum atomic E-state index is -4.80. The number of urea groups is 1. The summed E-state index contributed by atoms with van der Waals surface area (Å²) in [5, 5.41) is 0.631. The second-order valence-electron chi connectivity index (χ2n) is 6.70. The molecule has 3 amide bonds. The highest BCUT2D eigenvalue weighted by molar-refractivity contribution is 7.80. The summed E-state index contributed by atoms with van der Waals surface area (Å²) in [6.45, 7) is 1.45. The van der Waals surface area contributed by atoms with Gasteiger partial charge >= 0.3 is 16.4 Å². The third-order valence-corrected chi connectivity index (χ3v) is 5.25. The maximum Gasteiger partial charge on any atom is 0.418 e. The van der Waals surface area contributed by atoms with E-state index >= 15 is 0 Å². The van der Waals surface area contributed by atoms with Gasteiger partial charge in [-0.05, 0) is 31.6 Å². The fourth-order valence-electron chi connectivity index (χ4n) is 3.60. The van der Waals surface area contributed by atoms with E-state index in [-0.39, 0.29) is 30.6 Å². The lowest BCUT2D eigenvalue weighted by molar-refractivity contribution is -0.119. The molecule has 2 bridgehead atoms. The van der Waals surface area contributed by atoms with E-state index in [0.717, 1.165) is 12.8 Å². The van der Waals surface area contributed by atoms with E-state index < -0.39 is 28.5 Å². The molecule has 3 N–H and O–H groups in total. The zero-order valence-electron chi connectivity index (χ0n) is 14.1. The van der Waals surface area contributed by atoms with Gasteiger partial charge in [0, 0.05) is 26.2 Å². The summed E-state index contributed by atoms with van der Waals surface area (Å²) in [5.41, 5.74) is 5.96. The molecular weight excluding hydrogens is 368 g/mol. The van der Waals surface area contributed by atoms with Gasteiger partial charge in [-0.2, -0.15) is 18.5 Å². The van der Waals surface area contributed by atoms with Crippen LogP contribution in [0.1, 0.15) is 32.1 Å². The van der Waals surface area contributed by atoms with Crippen LogP contribution in [0.4, 0.5) is 4.79 Å². The van der Waals surface area contributed by atoms with Gasteiger partial charge in [-0.1, -0.05) is 0 Å². The Morgan fingerprint density at radius 1 is 1.31 bits per heavy atom. The Bertz CT molecular complexity index is 704. The summed E-state index contributed by atoms with van der Waals surface area (Å²) in [6.07, 6.45) is 2.72. The predicted molar refractivity (Wildman–Crippen MR) is 88.2 cm³/mol. The number of nitrogens with zero attached hydrogens (tertiary/aromatic N) is 3. The summed E-state index contributed by atoms with van der Waals surface area (Å²) in [6, 6.07) is -1.84. The Balaban J connectivity index is 1.64. The molecule has 0 aliphatic carbocycles. The molecule has 2 unspecified atom stereocenters. The zero-order valence-corrected chi connectivity index (χ0v) is 14.9. The van der Waals surface area contributed by atoms with Crippen molar-refractivity contribution >= 4 is 28.2 Å². The quantitative estimate of drug-likeness (QED) is 0.368. The molecule has 0 aromatic carbocycles. The highest BCUT2D eigenvalue weighted by atomic mass is 32.3. The third kappa shape index (κ3) is 4.31. The zero-order chi connectivity index (χ0) is 18.9. The first-order chi connectivity index (χ1) is 12.2. The van der Waals surface area contributed by atoms with Crippen molar-refractivity contribution in [3.8, 4) is 0 Å². The van der Waals surface area contributed by atoms with Crippen LogP contribution in [0.2, 0.25) is 0 Å². The lowest BCUT2D eigenvalue weighted by atomic mass is 9.96. The van der Waals surface area contributed by atoms with Crippen molar-refractivity contribution in [2.75, 3.05) is 19.8 Å². The first kappa shape index (κ1) is 19.0. The molecule has 3 saturated heterocycles. The molecule has 12 heteroatoms. The molecular formula is C14H22N4O7S. The van der Waals surface area contributed by atoms with Crippen molar-refractivity contribution in [2.24, 2.45) is 16.6 Å². The normalized spacial score (nSPS) is 27.9. The number of aliphatic imine (C=N–C) groups is 1. The van der Waals surface area contributed by atoms with E-state index in [0.29, 0.717) is 31.1 Å². The summed E-state index contributed by atoms with van der Waals surface area (Å²) >= 11 is 0. The van der Waals surface area contributed by atoms with Gasteiger partial charge in [0.05, 0.1) is 12.1 Å². The van der Waals surface area contributed by atoms with Crippen LogP contribution < -0.4 is 5.73 Å². The number of carbonyl (C=O) groups excluding carboxylic acids is 2. The summed E-state index contributed by atoms with van der Waals surface area (Å²) < 4.78 is 40.2. The Hall–Kier alpha value is -1.76. The second kappa shape index (κ2) is 7.47. The Morgan fingerprint density at radius 3 is 2.65 bits per heavy atom. The monoisotopic (exact) mass is 390 g/mol. The van der Waals surface area contributed by atoms with E-state index in [4.69, 9.17) is 15.0 Å². The highest BCUT2D eigenvalue weighted by Gasteiger charge is 2.48. The van der Waals surface area contributed by atoms with Gasteiger partial charge in [-0.3, -0.25) is 9.35 Å². The average Bonchev–Trinajstić information content (AvgIpc) is 2.79. The standard InChI is InChI=1S/C14H22N4O7S/c15-13(16-12(19)7-9-3-5-24-6-4-9)11-2-1-10-8-17(11)14(20)18(10)25-26(21,22)23/h9-11H,1-8H2,(H2,15,16,19)(H,21,22,23). The van der Waals surface area contributed by atoms with Crippen molar-refractivity contribution in [3.63, 3.8) is 0 Å². The first-order valence-electron chi connectivity index (χ1n) is 8.46. The summed E-state index contributed by atoms with van der Waals surface area (Å²) in [7, 11) is -4.80. The van der Waals surface area contributed by atoms with Gasteiger partial charge in [0.15, 0.2) is 0 Å². The number of hydrogen-bond donors (Lipinski definition) is 2. The molecule has 3 fully saturated rings. The number of fused-ring (bicyclic) bond motifs is 2. The van der Waals surface area contributed by atoms with Crippen molar-refractivity contribution in [3.05, 3.63) is 0 Å². The molecule has 146 valence electrons. The molecule has 3 aliphatic heterocycles. The van der Waals surface area contributed by atoms with Crippen LogP contribution in [0.3, 0.4) is 0 Å². The molecule has 3 rings (SSSR count). The number of nitrogens with two attached hydrogens (primary N) is 1. The molecule has 3 aliphatic rings. The van der Waals surface area contributed by atoms with Crippen LogP contribution >= 0.6 is 0 Å². The molecule has 2 atom stereocenters. The van der Waals surface area contributed by atoms with Crippen LogP contribution in [0.25, 0.3) is 0 Å². The Labute approximate surface area is 151 Å². The van der Waals surface area contributed by atoms with Crippen LogP contribution in [0.15, 0.2) is 4.99 Å². The average molecular weight is 390 g/mol. The predicted octanol–water partition coefficient (Wildman–Crippen LogP) is -0.310. The van der Waals surface area contributed by atoms with Gasteiger partial charge in [0.2, 0.25) is 5.91 Å². The Kier molecular flexibility index (Phi) is 5.46. The maximum atomic E-state index is 12.3. The van der Waals surface area contributed by atoms with Crippen LogP contribution in [-0.4, -0.2) is 72.5 Å². The molecule has 0 aromatic rings. The van der Waals surface area contributed by atoms with Gasteiger partial charge in [0.25, 0.3) is 0 Å². The highest BCUT2D eigenvalue weighted by Crippen LogP contribution is 2.30. The lowest BCUT2D eigenvalue weighted by Gasteiger charge is -2.29. The number of rotatable bonds is 5. The summed E-state index contributed by atoms with van der Waals surface area (Å²) in [4.78, 5) is 29.7. The molecule has 0 spiro atoms. The molecule has 3 heterocycles. The number of piperidine rings is 1. The topological polar surface area (TPSA) is 152 Å².